The number of Topliss-reactive ketones (excluding diaryl/α,β-unsaturated/α-hetero) is 1. The highest BCUT2D eigenvalue weighted by Crippen LogP contribution is 2.61. The molecule has 0 aromatic carbocycles. The molecule has 162 valence electrons. The van der Waals surface area contributed by atoms with E-state index in [0.29, 0.717) is 47.4 Å². The fourth-order valence-electron chi connectivity index (χ4n) is 6.13. The molecule has 2 fully saturated rings. The van der Waals surface area contributed by atoms with E-state index in [2.05, 4.69) is 39.9 Å². The Bertz CT molecular complexity index is 736. The molecule has 4 heteroatoms. The summed E-state index contributed by atoms with van der Waals surface area (Å²) in [7, 11) is 0. The van der Waals surface area contributed by atoms with Crippen LogP contribution in [0.5, 0.6) is 0 Å². The van der Waals surface area contributed by atoms with Gasteiger partial charge in [-0.3, -0.25) is 9.59 Å². The molecule has 29 heavy (non-hydrogen) atoms. The molecule has 0 amide bonds. The number of ketones is 2. The Morgan fingerprint density at radius 2 is 1.93 bits per heavy atom. The number of carbonyl (C=O) groups excluding carboxylic acids is 2. The van der Waals surface area contributed by atoms with Crippen molar-refractivity contribution in [1.29, 1.82) is 0 Å². The van der Waals surface area contributed by atoms with Gasteiger partial charge in [0.1, 0.15) is 5.76 Å². The van der Waals surface area contributed by atoms with Crippen LogP contribution in [0, 0.1) is 28.6 Å². The van der Waals surface area contributed by atoms with Crippen LogP contribution in [-0.2, 0) is 9.59 Å². The van der Waals surface area contributed by atoms with E-state index >= 15 is 0 Å². The van der Waals surface area contributed by atoms with Gasteiger partial charge in [0.05, 0.1) is 5.70 Å². The van der Waals surface area contributed by atoms with Crippen molar-refractivity contribution >= 4 is 11.6 Å². The lowest BCUT2D eigenvalue weighted by Gasteiger charge is -2.58. The summed E-state index contributed by atoms with van der Waals surface area (Å²) >= 11 is 0. The van der Waals surface area contributed by atoms with Crippen LogP contribution in [0.25, 0.3) is 0 Å². The summed E-state index contributed by atoms with van der Waals surface area (Å²) in [6.45, 7) is 11.9. The minimum absolute atomic E-state index is 0.00517. The first kappa shape index (κ1) is 22.1. The summed E-state index contributed by atoms with van der Waals surface area (Å²) in [5, 5.41) is 14.2. The fourth-order valence-corrected chi connectivity index (χ4v) is 6.13. The fraction of sp³-hybridized carbons (Fsp3) is 0.760. The predicted octanol–water partition coefficient (Wildman–Crippen LogP) is 5.49. The van der Waals surface area contributed by atoms with Crippen LogP contribution >= 0.6 is 0 Å². The monoisotopic (exact) mass is 401 g/mol. The molecule has 3 aliphatic rings. The van der Waals surface area contributed by atoms with Gasteiger partial charge in [0.25, 0.3) is 0 Å². The molecule has 3 rings (SSSR count). The average Bonchev–Trinajstić information content (AvgIpc) is 2.70. The second kappa shape index (κ2) is 8.28. The van der Waals surface area contributed by atoms with Crippen molar-refractivity contribution in [2.75, 3.05) is 6.54 Å². The summed E-state index contributed by atoms with van der Waals surface area (Å²) < 4.78 is 0. The Kier molecular flexibility index (Phi) is 6.31. The molecular weight excluding hydrogens is 362 g/mol. The standard InChI is InChI=1S/C25H39NO3/c1-6-16(2)15-26-19-13-20(27)23(29)18(22(19)28)14-25(5)17(3)10-12-24(4)11-8-7-9-21(24)25/h13,16-17,21,26,28H,6-12,14-15H2,1-5H3. The number of hydrogen-bond donors (Lipinski definition) is 2. The topological polar surface area (TPSA) is 66.4 Å². The minimum Gasteiger partial charge on any atom is -0.505 e. The Hall–Kier alpha value is -1.58. The van der Waals surface area contributed by atoms with Crippen LogP contribution in [0.2, 0.25) is 0 Å². The third-order valence-corrected chi connectivity index (χ3v) is 8.61. The van der Waals surface area contributed by atoms with Crippen LogP contribution < -0.4 is 5.32 Å². The summed E-state index contributed by atoms with van der Waals surface area (Å²) in [4.78, 5) is 25.2. The zero-order chi connectivity index (χ0) is 21.4. The maximum absolute atomic E-state index is 12.8. The smallest absolute Gasteiger partial charge is 0.232 e. The van der Waals surface area contributed by atoms with E-state index in [1.165, 1.54) is 38.2 Å². The predicted molar refractivity (Wildman–Crippen MR) is 116 cm³/mol. The number of hydrogen-bond acceptors (Lipinski definition) is 4. The Balaban J connectivity index is 1.91. The molecule has 0 aromatic rings. The van der Waals surface area contributed by atoms with Crippen LogP contribution in [0.1, 0.15) is 86.0 Å². The van der Waals surface area contributed by atoms with Gasteiger partial charge in [0.15, 0.2) is 0 Å². The molecule has 4 nitrogen and oxygen atoms in total. The quantitative estimate of drug-likeness (QED) is 0.456. The first-order valence-electron chi connectivity index (χ1n) is 11.6. The lowest BCUT2D eigenvalue weighted by Crippen LogP contribution is -2.50. The first-order valence-corrected chi connectivity index (χ1v) is 11.6. The van der Waals surface area contributed by atoms with E-state index in [9.17, 15) is 14.7 Å². The van der Waals surface area contributed by atoms with Crippen LogP contribution in [-0.4, -0.2) is 23.2 Å². The van der Waals surface area contributed by atoms with Gasteiger partial charge in [-0.2, -0.15) is 0 Å². The summed E-state index contributed by atoms with van der Waals surface area (Å²) in [5.74, 6) is 0.381. The highest BCUT2D eigenvalue weighted by Gasteiger charge is 2.53. The van der Waals surface area contributed by atoms with Crippen LogP contribution in [0.15, 0.2) is 23.1 Å². The Morgan fingerprint density at radius 1 is 1.21 bits per heavy atom. The van der Waals surface area contributed by atoms with Crippen molar-refractivity contribution in [3.05, 3.63) is 23.1 Å². The molecule has 0 bridgehead atoms. The molecule has 0 radical (unpaired) electrons. The second-order valence-corrected chi connectivity index (χ2v) is 10.5. The largest absolute Gasteiger partial charge is 0.505 e. The Morgan fingerprint density at radius 3 is 2.62 bits per heavy atom. The lowest BCUT2D eigenvalue weighted by atomic mass is 9.47. The van der Waals surface area contributed by atoms with Crippen molar-refractivity contribution in [1.82, 2.24) is 5.32 Å². The van der Waals surface area contributed by atoms with Crippen molar-refractivity contribution in [2.45, 2.75) is 86.0 Å². The van der Waals surface area contributed by atoms with Gasteiger partial charge in [-0.25, -0.2) is 0 Å². The number of carbonyl (C=O) groups is 2. The van der Waals surface area contributed by atoms with Crippen LogP contribution in [0.4, 0.5) is 0 Å². The zero-order valence-electron chi connectivity index (χ0n) is 18.9. The number of aliphatic hydroxyl groups is 1. The van der Waals surface area contributed by atoms with E-state index < -0.39 is 11.6 Å². The van der Waals surface area contributed by atoms with Gasteiger partial charge < -0.3 is 10.4 Å². The summed E-state index contributed by atoms with van der Waals surface area (Å²) in [5.41, 5.74) is 0.980. The third-order valence-electron chi connectivity index (χ3n) is 8.61. The number of nitrogens with one attached hydrogen (secondary N) is 1. The molecule has 2 N–H and O–H groups in total. The lowest BCUT2D eigenvalue weighted by molar-refractivity contribution is -0.132. The van der Waals surface area contributed by atoms with Gasteiger partial charge in [-0.1, -0.05) is 53.9 Å². The number of allylic oxidation sites excluding steroid dienone is 2. The second-order valence-electron chi connectivity index (χ2n) is 10.5. The van der Waals surface area contributed by atoms with Gasteiger partial charge >= 0.3 is 0 Å². The normalized spacial score (nSPS) is 36.5. The molecule has 0 aliphatic heterocycles. The summed E-state index contributed by atoms with van der Waals surface area (Å²) in [6, 6.07) is 0. The Labute approximate surface area is 176 Å². The minimum atomic E-state index is -0.520. The van der Waals surface area contributed by atoms with E-state index in [0.717, 1.165) is 12.8 Å². The molecule has 0 saturated heterocycles. The van der Waals surface area contributed by atoms with E-state index in [1.807, 2.05) is 0 Å². The molecule has 0 aromatic heterocycles. The number of rotatable bonds is 6. The molecule has 3 aliphatic carbocycles. The average molecular weight is 402 g/mol. The molecule has 5 atom stereocenters. The van der Waals surface area contributed by atoms with Gasteiger partial charge in [0, 0.05) is 18.2 Å². The maximum atomic E-state index is 12.8. The number of fused-ring (bicyclic) bond motifs is 1. The van der Waals surface area contributed by atoms with E-state index in [4.69, 9.17) is 0 Å². The highest BCUT2D eigenvalue weighted by atomic mass is 16.3. The maximum Gasteiger partial charge on any atom is 0.232 e. The first-order chi connectivity index (χ1) is 13.6. The van der Waals surface area contributed by atoms with Crippen molar-refractivity contribution in [3.63, 3.8) is 0 Å². The molecule has 0 heterocycles. The third kappa shape index (κ3) is 4.04. The van der Waals surface area contributed by atoms with E-state index in [1.54, 1.807) is 0 Å². The van der Waals surface area contributed by atoms with Crippen molar-refractivity contribution in [2.24, 2.45) is 28.6 Å². The molecule has 0 spiro atoms. The molecule has 2 saturated carbocycles. The van der Waals surface area contributed by atoms with Crippen LogP contribution in [0.3, 0.4) is 0 Å². The molecular formula is C25H39NO3. The van der Waals surface area contributed by atoms with Crippen molar-refractivity contribution in [3.8, 4) is 0 Å². The summed E-state index contributed by atoms with van der Waals surface area (Å²) in [6.07, 6.45) is 10.1. The van der Waals surface area contributed by atoms with Gasteiger partial charge in [-0.15, -0.1) is 0 Å². The van der Waals surface area contributed by atoms with Gasteiger partial charge in [-0.05, 0) is 60.7 Å². The van der Waals surface area contributed by atoms with Gasteiger partial charge in [0.2, 0.25) is 11.6 Å². The zero-order valence-corrected chi connectivity index (χ0v) is 18.9. The van der Waals surface area contributed by atoms with Crippen molar-refractivity contribution < 1.29 is 14.7 Å². The van der Waals surface area contributed by atoms with E-state index in [-0.39, 0.29) is 11.2 Å². The molecule has 5 unspecified atom stereocenters. The highest BCUT2D eigenvalue weighted by molar-refractivity contribution is 6.48. The number of aliphatic hydroxyl groups excluding tert-OH is 1. The SMILES string of the molecule is CCC(C)CNC1=CC(=O)C(=O)C(CC2(C)C(C)CCC3(C)CCCCC32)=C1O.